The molecule has 3 aromatic heterocycles. The molecule has 1 atom stereocenters. The lowest BCUT2D eigenvalue weighted by atomic mass is 10.0. The predicted molar refractivity (Wildman–Crippen MR) is 135 cm³/mol. The maximum Gasteiger partial charge on any atom is 0.408 e. The lowest BCUT2D eigenvalue weighted by Gasteiger charge is -2.13. The van der Waals surface area contributed by atoms with E-state index in [1.165, 1.54) is 6.20 Å². The molecule has 0 aliphatic rings. The number of hydrogen-bond acceptors (Lipinski definition) is 7. The molecule has 0 saturated heterocycles. The van der Waals surface area contributed by atoms with Gasteiger partial charge in [0.15, 0.2) is 0 Å². The highest BCUT2D eigenvalue weighted by atomic mass is 19.4. The van der Waals surface area contributed by atoms with Crippen molar-refractivity contribution in [2.24, 2.45) is 11.5 Å². The van der Waals surface area contributed by atoms with Crippen LogP contribution in [0.3, 0.4) is 0 Å². The molecular formula is C25H27F3N8O. The lowest BCUT2D eigenvalue weighted by molar-refractivity contribution is -0.142. The number of imidazole rings is 1. The van der Waals surface area contributed by atoms with E-state index in [2.05, 4.69) is 15.4 Å². The van der Waals surface area contributed by atoms with Crippen molar-refractivity contribution in [3.8, 4) is 17.1 Å². The summed E-state index contributed by atoms with van der Waals surface area (Å²) in [5, 5.41) is 17.4. The predicted octanol–water partition coefficient (Wildman–Crippen LogP) is 4.28. The number of fused-ring (bicyclic) bond motifs is 1. The van der Waals surface area contributed by atoms with Gasteiger partial charge in [-0.25, -0.2) is 9.97 Å². The molecule has 194 valence electrons. The van der Waals surface area contributed by atoms with E-state index in [4.69, 9.17) is 16.5 Å². The standard InChI is InChI=1S/C25H27F3N8O/c1-14(29)4-8-22(30)32-17-5-7-21-20(10-17)31-13-36(21)23-9-6-18(16(3)37)24(33-23)19-11-35(34-15(19)2)12-25(26,27)28/h4-11,13,16,32,37H,12,29-30H2,1-3H3/b14-4-,22-8+. The van der Waals surface area contributed by atoms with E-state index < -0.39 is 18.8 Å². The van der Waals surface area contributed by atoms with E-state index in [1.807, 2.05) is 18.2 Å². The lowest BCUT2D eigenvalue weighted by Crippen LogP contribution is -2.17. The summed E-state index contributed by atoms with van der Waals surface area (Å²) >= 11 is 0. The van der Waals surface area contributed by atoms with E-state index >= 15 is 0 Å². The van der Waals surface area contributed by atoms with Crippen LogP contribution < -0.4 is 16.8 Å². The van der Waals surface area contributed by atoms with Crippen molar-refractivity contribution in [3.05, 3.63) is 77.8 Å². The molecule has 0 bridgehead atoms. The second-order valence-electron chi connectivity index (χ2n) is 8.70. The van der Waals surface area contributed by atoms with Crippen LogP contribution in [0, 0.1) is 6.92 Å². The van der Waals surface area contributed by atoms with Crippen LogP contribution in [0.5, 0.6) is 0 Å². The van der Waals surface area contributed by atoms with Crippen molar-refractivity contribution in [2.75, 3.05) is 5.32 Å². The molecule has 3 heterocycles. The Balaban J connectivity index is 1.72. The fourth-order valence-corrected chi connectivity index (χ4v) is 3.86. The van der Waals surface area contributed by atoms with Crippen molar-refractivity contribution in [2.45, 2.75) is 39.6 Å². The highest BCUT2D eigenvalue weighted by molar-refractivity contribution is 5.81. The first-order chi connectivity index (χ1) is 17.4. The quantitative estimate of drug-likeness (QED) is 0.272. The number of aryl methyl sites for hydroxylation is 1. The molecule has 0 amide bonds. The SMILES string of the molecule is C/C(N)=C/C=C(\N)Nc1ccc2c(c1)ncn2-c1ccc(C(C)O)c(-c2cn(CC(F)(F)F)nc2C)n1. The number of anilines is 1. The number of halogens is 3. The third-order valence-corrected chi connectivity index (χ3v) is 5.51. The number of aliphatic hydroxyl groups excluding tert-OH is 1. The third kappa shape index (κ3) is 5.92. The van der Waals surface area contributed by atoms with Crippen molar-refractivity contribution in [3.63, 3.8) is 0 Å². The summed E-state index contributed by atoms with van der Waals surface area (Å²) in [6, 6.07) is 8.91. The summed E-state index contributed by atoms with van der Waals surface area (Å²) in [4.78, 5) is 9.16. The number of nitrogens with zero attached hydrogens (tertiary/aromatic N) is 5. The molecule has 37 heavy (non-hydrogen) atoms. The van der Waals surface area contributed by atoms with E-state index in [0.717, 1.165) is 15.9 Å². The van der Waals surface area contributed by atoms with Crippen molar-refractivity contribution in [1.29, 1.82) is 0 Å². The highest BCUT2D eigenvalue weighted by Gasteiger charge is 2.29. The molecule has 4 aromatic rings. The van der Waals surface area contributed by atoms with E-state index in [0.29, 0.717) is 45.4 Å². The van der Waals surface area contributed by atoms with Gasteiger partial charge < -0.3 is 21.9 Å². The fourth-order valence-electron chi connectivity index (χ4n) is 3.86. The molecule has 12 heteroatoms. The number of allylic oxidation sites excluding steroid dienone is 3. The molecule has 6 N–H and O–H groups in total. The highest BCUT2D eigenvalue weighted by Crippen LogP contribution is 2.31. The third-order valence-electron chi connectivity index (χ3n) is 5.51. The number of rotatable bonds is 7. The molecule has 0 aliphatic carbocycles. The molecule has 0 spiro atoms. The van der Waals surface area contributed by atoms with Gasteiger partial charge in [0.2, 0.25) is 0 Å². The molecule has 0 radical (unpaired) electrons. The van der Waals surface area contributed by atoms with Crippen LogP contribution in [0.15, 0.2) is 66.5 Å². The number of pyridine rings is 1. The van der Waals surface area contributed by atoms with Crippen LogP contribution >= 0.6 is 0 Å². The van der Waals surface area contributed by atoms with E-state index in [-0.39, 0.29) is 0 Å². The van der Waals surface area contributed by atoms with Crippen molar-refractivity contribution < 1.29 is 18.3 Å². The van der Waals surface area contributed by atoms with Crippen LogP contribution in [-0.4, -0.2) is 35.6 Å². The topological polar surface area (TPSA) is 133 Å². The Morgan fingerprint density at radius 2 is 1.95 bits per heavy atom. The Morgan fingerprint density at radius 1 is 1.19 bits per heavy atom. The second kappa shape index (κ2) is 9.97. The number of aliphatic hydroxyl groups is 1. The van der Waals surface area contributed by atoms with E-state index in [9.17, 15) is 18.3 Å². The number of benzene rings is 1. The number of nitrogens with two attached hydrogens (primary N) is 2. The zero-order chi connectivity index (χ0) is 26.9. The number of hydrogen-bond donors (Lipinski definition) is 4. The minimum absolute atomic E-state index is 0.347. The minimum atomic E-state index is -4.41. The average Bonchev–Trinajstić information content (AvgIpc) is 3.38. The van der Waals surface area contributed by atoms with Crippen LogP contribution in [0.2, 0.25) is 0 Å². The molecule has 1 aromatic carbocycles. The normalized spacial score (nSPS) is 13.8. The van der Waals surface area contributed by atoms with Gasteiger partial charge in [-0.3, -0.25) is 9.25 Å². The number of nitrogens with one attached hydrogen (secondary N) is 1. The van der Waals surface area contributed by atoms with Crippen molar-refractivity contribution in [1.82, 2.24) is 24.3 Å². The van der Waals surface area contributed by atoms with Gasteiger partial charge in [-0.2, -0.15) is 18.3 Å². The molecule has 9 nitrogen and oxygen atoms in total. The Kier molecular flexibility index (Phi) is 6.94. The smallest absolute Gasteiger partial charge is 0.402 e. The molecule has 4 rings (SSSR count). The van der Waals surface area contributed by atoms with Gasteiger partial charge in [-0.15, -0.1) is 0 Å². The zero-order valence-corrected chi connectivity index (χ0v) is 20.5. The zero-order valence-electron chi connectivity index (χ0n) is 20.5. The summed E-state index contributed by atoms with van der Waals surface area (Å²) in [5.41, 5.74) is 16.0. The Labute approximate surface area is 210 Å². The average molecular weight is 513 g/mol. The first-order valence-corrected chi connectivity index (χ1v) is 11.4. The van der Waals surface area contributed by atoms with Crippen LogP contribution in [0.4, 0.5) is 18.9 Å². The first-order valence-electron chi connectivity index (χ1n) is 11.4. The van der Waals surface area contributed by atoms with Gasteiger partial charge in [0, 0.05) is 28.7 Å². The first kappa shape index (κ1) is 25.8. The van der Waals surface area contributed by atoms with Crippen LogP contribution in [0.1, 0.15) is 31.2 Å². The summed E-state index contributed by atoms with van der Waals surface area (Å²) in [5.74, 6) is 0.888. The summed E-state index contributed by atoms with van der Waals surface area (Å²) in [7, 11) is 0. The van der Waals surface area contributed by atoms with Gasteiger partial charge in [0.1, 0.15) is 24.5 Å². The number of alkyl halides is 3. The van der Waals surface area contributed by atoms with Gasteiger partial charge in [0.05, 0.1) is 28.5 Å². The molecule has 0 aliphatic heterocycles. The Morgan fingerprint density at radius 3 is 2.62 bits per heavy atom. The van der Waals surface area contributed by atoms with Gasteiger partial charge >= 0.3 is 6.18 Å². The monoisotopic (exact) mass is 512 g/mol. The Hall–Kier alpha value is -4.32. The summed E-state index contributed by atoms with van der Waals surface area (Å²) in [6.07, 6.45) is 0.927. The minimum Gasteiger partial charge on any atom is -0.402 e. The van der Waals surface area contributed by atoms with Gasteiger partial charge in [0.25, 0.3) is 0 Å². The van der Waals surface area contributed by atoms with Gasteiger partial charge in [-0.1, -0.05) is 6.07 Å². The summed E-state index contributed by atoms with van der Waals surface area (Å²) in [6.45, 7) is 3.71. The second-order valence-corrected chi connectivity index (χ2v) is 8.70. The molecule has 0 saturated carbocycles. The maximum atomic E-state index is 12.9. The van der Waals surface area contributed by atoms with Crippen LogP contribution in [0.25, 0.3) is 28.1 Å². The maximum absolute atomic E-state index is 12.9. The summed E-state index contributed by atoms with van der Waals surface area (Å²) < 4.78 is 41.3. The van der Waals surface area contributed by atoms with Crippen LogP contribution in [-0.2, 0) is 6.54 Å². The largest absolute Gasteiger partial charge is 0.408 e. The Bertz CT molecular complexity index is 1490. The number of aromatic nitrogens is 5. The van der Waals surface area contributed by atoms with E-state index in [1.54, 1.807) is 56.0 Å². The molecule has 0 fully saturated rings. The van der Waals surface area contributed by atoms with Crippen molar-refractivity contribution >= 4 is 16.7 Å². The fraction of sp³-hybridized carbons (Fsp3) is 0.240. The molecule has 1 unspecified atom stereocenters. The molecular weight excluding hydrogens is 485 g/mol. The van der Waals surface area contributed by atoms with Gasteiger partial charge in [-0.05, 0) is 57.2 Å².